The Morgan fingerprint density at radius 1 is 0.839 bits per heavy atom. The molecule has 0 radical (unpaired) electrons. The molecule has 8 heteroatoms. The van der Waals surface area contributed by atoms with Gasteiger partial charge in [-0.2, -0.15) is 13.2 Å². The van der Waals surface area contributed by atoms with Gasteiger partial charge in [-0.05, 0) is 55.3 Å². The van der Waals surface area contributed by atoms with Crippen LogP contribution in [0.2, 0.25) is 0 Å². The Morgan fingerprint density at radius 2 is 1.48 bits per heavy atom. The predicted molar refractivity (Wildman–Crippen MR) is 117 cm³/mol. The standard InChI is InChI=1S/C23H27F3N4O/c24-23(25,26)18-4-3-5-21(16-18)30-14-12-28(13-15-30)17-22(31)27-19-6-8-20(9-7-19)29-10-1-2-11-29/h3-9,16H,1-2,10-15,17H2,(H,27,31). The topological polar surface area (TPSA) is 38.8 Å². The fraction of sp³-hybridized carbons (Fsp3) is 0.435. The van der Waals surface area contributed by atoms with Gasteiger partial charge in [0.05, 0.1) is 12.1 Å². The molecule has 5 nitrogen and oxygen atoms in total. The van der Waals surface area contributed by atoms with Gasteiger partial charge in [-0.15, -0.1) is 0 Å². The van der Waals surface area contributed by atoms with E-state index in [9.17, 15) is 18.0 Å². The second kappa shape index (κ2) is 9.18. The number of benzene rings is 2. The Bertz CT molecular complexity index is 886. The Morgan fingerprint density at radius 3 is 2.13 bits per heavy atom. The van der Waals surface area contributed by atoms with Gasteiger partial charge in [-0.3, -0.25) is 9.69 Å². The van der Waals surface area contributed by atoms with Gasteiger partial charge < -0.3 is 15.1 Å². The van der Waals surface area contributed by atoms with Gasteiger partial charge in [0.25, 0.3) is 0 Å². The number of carbonyl (C=O) groups is 1. The van der Waals surface area contributed by atoms with E-state index in [-0.39, 0.29) is 12.5 Å². The van der Waals surface area contributed by atoms with Crippen molar-refractivity contribution in [3.8, 4) is 0 Å². The van der Waals surface area contributed by atoms with Crippen molar-refractivity contribution in [2.24, 2.45) is 0 Å². The number of rotatable bonds is 5. The highest BCUT2D eigenvalue weighted by atomic mass is 19.4. The van der Waals surface area contributed by atoms with Crippen molar-refractivity contribution in [1.82, 2.24) is 4.90 Å². The molecule has 0 saturated carbocycles. The van der Waals surface area contributed by atoms with Gasteiger partial charge in [-0.25, -0.2) is 0 Å². The minimum Gasteiger partial charge on any atom is -0.372 e. The normalized spacial score (nSPS) is 17.8. The molecule has 2 fully saturated rings. The van der Waals surface area contributed by atoms with Crippen LogP contribution < -0.4 is 15.1 Å². The first-order valence-corrected chi connectivity index (χ1v) is 10.7. The number of hydrogen-bond donors (Lipinski definition) is 1. The molecule has 2 aromatic carbocycles. The van der Waals surface area contributed by atoms with Crippen molar-refractivity contribution >= 4 is 23.0 Å². The molecular weight excluding hydrogens is 405 g/mol. The third kappa shape index (κ3) is 5.50. The number of hydrogen-bond acceptors (Lipinski definition) is 4. The number of nitrogens with one attached hydrogen (secondary N) is 1. The maximum absolute atomic E-state index is 12.9. The SMILES string of the molecule is O=C(CN1CCN(c2cccc(C(F)(F)F)c2)CC1)Nc1ccc(N2CCCC2)cc1. The first-order valence-electron chi connectivity index (χ1n) is 10.7. The Labute approximate surface area is 180 Å². The summed E-state index contributed by atoms with van der Waals surface area (Å²) < 4.78 is 38.8. The largest absolute Gasteiger partial charge is 0.416 e. The Kier molecular flexibility index (Phi) is 6.36. The summed E-state index contributed by atoms with van der Waals surface area (Å²) >= 11 is 0. The van der Waals surface area contributed by atoms with Crippen LogP contribution in [0.4, 0.5) is 30.2 Å². The molecule has 0 aromatic heterocycles. The number of amides is 1. The molecule has 4 rings (SSSR count). The van der Waals surface area contributed by atoms with E-state index in [1.165, 1.54) is 30.7 Å². The minimum atomic E-state index is -4.34. The lowest BCUT2D eigenvalue weighted by atomic mass is 10.1. The quantitative estimate of drug-likeness (QED) is 0.773. The van der Waals surface area contributed by atoms with Crippen molar-refractivity contribution < 1.29 is 18.0 Å². The molecule has 2 saturated heterocycles. The van der Waals surface area contributed by atoms with Gasteiger partial charge in [-0.1, -0.05) is 6.07 Å². The van der Waals surface area contributed by atoms with E-state index in [1.54, 1.807) is 6.07 Å². The van der Waals surface area contributed by atoms with E-state index in [0.717, 1.165) is 24.8 Å². The number of anilines is 3. The fourth-order valence-corrected chi connectivity index (χ4v) is 4.18. The third-order valence-corrected chi connectivity index (χ3v) is 5.90. The first-order chi connectivity index (χ1) is 14.9. The summed E-state index contributed by atoms with van der Waals surface area (Å²) in [6, 6.07) is 13.3. The zero-order valence-electron chi connectivity index (χ0n) is 17.4. The van der Waals surface area contributed by atoms with Gasteiger partial charge in [0.1, 0.15) is 0 Å². The predicted octanol–water partition coefficient (Wildman–Crippen LogP) is 4.07. The van der Waals surface area contributed by atoms with Crippen LogP contribution >= 0.6 is 0 Å². The van der Waals surface area contributed by atoms with Crippen molar-refractivity contribution in [3.05, 3.63) is 54.1 Å². The molecule has 2 aromatic rings. The summed E-state index contributed by atoms with van der Waals surface area (Å²) in [6.07, 6.45) is -1.90. The maximum atomic E-state index is 12.9. The molecule has 31 heavy (non-hydrogen) atoms. The second-order valence-corrected chi connectivity index (χ2v) is 8.10. The van der Waals surface area contributed by atoms with E-state index in [1.807, 2.05) is 34.1 Å². The highest BCUT2D eigenvalue weighted by Gasteiger charge is 2.31. The molecule has 0 bridgehead atoms. The lowest BCUT2D eigenvalue weighted by Crippen LogP contribution is -2.48. The van der Waals surface area contributed by atoms with Crippen LogP contribution in [-0.2, 0) is 11.0 Å². The van der Waals surface area contributed by atoms with Crippen LogP contribution in [0.1, 0.15) is 18.4 Å². The van der Waals surface area contributed by atoms with Gasteiger partial charge in [0.2, 0.25) is 5.91 Å². The zero-order chi connectivity index (χ0) is 21.8. The molecule has 0 unspecified atom stereocenters. The van der Waals surface area contributed by atoms with Gasteiger partial charge in [0, 0.05) is 56.3 Å². The molecule has 0 spiro atoms. The molecule has 1 N–H and O–H groups in total. The van der Waals surface area contributed by atoms with Crippen LogP contribution in [0.3, 0.4) is 0 Å². The molecule has 1 amide bonds. The molecule has 2 aliphatic heterocycles. The maximum Gasteiger partial charge on any atom is 0.416 e. The van der Waals surface area contributed by atoms with E-state index in [0.29, 0.717) is 31.9 Å². The molecule has 0 atom stereocenters. The number of halogens is 3. The smallest absolute Gasteiger partial charge is 0.372 e. The van der Waals surface area contributed by atoms with E-state index < -0.39 is 11.7 Å². The molecule has 0 aliphatic carbocycles. The number of piperazine rings is 1. The van der Waals surface area contributed by atoms with E-state index in [2.05, 4.69) is 10.2 Å². The highest BCUT2D eigenvalue weighted by Crippen LogP contribution is 2.32. The molecule has 2 aliphatic rings. The fourth-order valence-electron chi connectivity index (χ4n) is 4.18. The van der Waals surface area contributed by atoms with Crippen molar-refractivity contribution in [1.29, 1.82) is 0 Å². The molecule has 2 heterocycles. The van der Waals surface area contributed by atoms with Gasteiger partial charge in [0.15, 0.2) is 0 Å². The summed E-state index contributed by atoms with van der Waals surface area (Å²) in [5.74, 6) is -0.0820. The monoisotopic (exact) mass is 432 g/mol. The average molecular weight is 432 g/mol. The zero-order valence-corrected chi connectivity index (χ0v) is 17.4. The minimum absolute atomic E-state index is 0.0820. The molecular formula is C23H27F3N4O. The van der Waals surface area contributed by atoms with Crippen LogP contribution in [0.25, 0.3) is 0 Å². The van der Waals surface area contributed by atoms with Crippen LogP contribution in [0.15, 0.2) is 48.5 Å². The average Bonchev–Trinajstić information content (AvgIpc) is 3.29. The van der Waals surface area contributed by atoms with Crippen LogP contribution in [-0.4, -0.2) is 56.6 Å². The van der Waals surface area contributed by atoms with Crippen molar-refractivity contribution in [2.45, 2.75) is 19.0 Å². The van der Waals surface area contributed by atoms with E-state index in [4.69, 9.17) is 0 Å². The second-order valence-electron chi connectivity index (χ2n) is 8.10. The van der Waals surface area contributed by atoms with Gasteiger partial charge >= 0.3 is 6.18 Å². The Hall–Kier alpha value is -2.74. The summed E-state index contributed by atoms with van der Waals surface area (Å²) in [5, 5.41) is 2.94. The number of carbonyl (C=O) groups excluding carboxylic acids is 1. The Balaban J connectivity index is 1.25. The highest BCUT2D eigenvalue weighted by molar-refractivity contribution is 5.92. The first kappa shape index (κ1) is 21.5. The van der Waals surface area contributed by atoms with Crippen molar-refractivity contribution in [3.63, 3.8) is 0 Å². The summed E-state index contributed by atoms with van der Waals surface area (Å²) in [7, 11) is 0. The van der Waals surface area contributed by atoms with Crippen LogP contribution in [0.5, 0.6) is 0 Å². The third-order valence-electron chi connectivity index (χ3n) is 5.90. The molecule has 166 valence electrons. The number of nitrogens with zero attached hydrogens (tertiary/aromatic N) is 3. The number of alkyl halides is 3. The van der Waals surface area contributed by atoms with E-state index >= 15 is 0 Å². The van der Waals surface area contributed by atoms with Crippen molar-refractivity contribution in [2.75, 3.05) is 60.9 Å². The summed E-state index contributed by atoms with van der Waals surface area (Å²) in [6.45, 7) is 4.84. The lowest BCUT2D eigenvalue weighted by Gasteiger charge is -2.36. The summed E-state index contributed by atoms with van der Waals surface area (Å²) in [5.41, 5.74) is 1.89. The van der Waals surface area contributed by atoms with Crippen LogP contribution in [0, 0.1) is 0 Å². The summed E-state index contributed by atoms with van der Waals surface area (Å²) in [4.78, 5) is 18.7. The lowest BCUT2D eigenvalue weighted by molar-refractivity contribution is -0.137.